The third kappa shape index (κ3) is 3.82. The second-order valence-electron chi connectivity index (χ2n) is 5.71. The average molecular weight is 411 g/mol. The molecule has 0 radical (unpaired) electrons. The van der Waals surface area contributed by atoms with Crippen LogP contribution < -0.4 is 14.5 Å². The molecule has 0 saturated heterocycles. The third-order valence-corrected chi connectivity index (χ3v) is 4.19. The van der Waals surface area contributed by atoms with Crippen molar-refractivity contribution >= 4 is 35.0 Å². The summed E-state index contributed by atoms with van der Waals surface area (Å²) in [7, 11) is 2.84. The van der Waals surface area contributed by atoms with Crippen molar-refractivity contribution < 1.29 is 27.4 Å². The largest absolute Gasteiger partial charge is 0.493 e. The lowest BCUT2D eigenvalue weighted by atomic mass is 10.1. The summed E-state index contributed by atoms with van der Waals surface area (Å²) in [5.41, 5.74) is -1.35. The maximum atomic E-state index is 13.5. The molecule has 2 aromatic rings. The van der Waals surface area contributed by atoms with Gasteiger partial charge in [0, 0.05) is 5.02 Å². The molecule has 1 aliphatic heterocycles. The molecule has 2 aromatic carbocycles. The Morgan fingerprint density at radius 2 is 1.68 bits per heavy atom. The van der Waals surface area contributed by atoms with E-state index < -0.39 is 23.4 Å². The number of benzene rings is 2. The topological polar surface area (TPSA) is 51.1 Å². The van der Waals surface area contributed by atoms with Gasteiger partial charge in [-0.25, -0.2) is 0 Å². The zero-order valence-corrected chi connectivity index (χ0v) is 15.5. The highest BCUT2D eigenvalue weighted by Gasteiger charge is 2.46. The highest BCUT2D eigenvalue weighted by molar-refractivity contribution is 6.34. The number of methoxy groups -OCH3 is 2. The van der Waals surface area contributed by atoms with E-state index in [1.54, 1.807) is 0 Å². The highest BCUT2D eigenvalue weighted by atomic mass is 35.5. The first-order chi connectivity index (χ1) is 13.2. The van der Waals surface area contributed by atoms with E-state index in [1.807, 2.05) is 0 Å². The highest BCUT2D eigenvalue weighted by Crippen LogP contribution is 2.34. The Bertz CT molecular complexity index is 969. The van der Waals surface area contributed by atoms with Gasteiger partial charge in [-0.2, -0.15) is 23.3 Å². The van der Waals surface area contributed by atoms with Gasteiger partial charge < -0.3 is 9.47 Å². The molecule has 1 aliphatic rings. The Balaban J connectivity index is 2.06. The molecular formula is C19H14ClF3N2O3. The predicted octanol–water partition coefficient (Wildman–Crippen LogP) is 4.71. The average Bonchev–Trinajstić information content (AvgIpc) is 2.99. The van der Waals surface area contributed by atoms with E-state index in [4.69, 9.17) is 21.1 Å². The monoisotopic (exact) mass is 410 g/mol. The van der Waals surface area contributed by atoms with Crippen molar-refractivity contribution in [3.05, 3.63) is 58.6 Å². The molecule has 0 atom stereocenters. The van der Waals surface area contributed by atoms with E-state index in [9.17, 15) is 18.0 Å². The fraction of sp³-hybridized carbons (Fsp3) is 0.158. The van der Waals surface area contributed by atoms with Gasteiger partial charge in [0.2, 0.25) is 0 Å². The summed E-state index contributed by atoms with van der Waals surface area (Å²) in [4.78, 5) is 12.7. The van der Waals surface area contributed by atoms with Gasteiger partial charge >= 0.3 is 6.18 Å². The van der Waals surface area contributed by atoms with Gasteiger partial charge in [-0.3, -0.25) is 4.79 Å². The Kier molecular flexibility index (Phi) is 5.33. The molecule has 146 valence electrons. The fourth-order valence-electron chi connectivity index (χ4n) is 2.62. The Morgan fingerprint density at radius 1 is 1.04 bits per heavy atom. The Labute approximate surface area is 163 Å². The van der Waals surface area contributed by atoms with Gasteiger partial charge in [-0.1, -0.05) is 17.7 Å². The van der Waals surface area contributed by atoms with Gasteiger partial charge in [0.15, 0.2) is 17.2 Å². The molecule has 9 heteroatoms. The molecule has 0 saturated carbocycles. The van der Waals surface area contributed by atoms with Crippen molar-refractivity contribution in [1.82, 2.24) is 0 Å². The van der Waals surface area contributed by atoms with Crippen LogP contribution in [-0.2, 0) is 4.79 Å². The molecule has 0 aromatic heterocycles. The number of halogens is 4. The second-order valence-corrected chi connectivity index (χ2v) is 6.15. The molecular weight excluding hydrogens is 397 g/mol. The van der Waals surface area contributed by atoms with Crippen molar-refractivity contribution in [2.75, 3.05) is 19.2 Å². The summed E-state index contributed by atoms with van der Waals surface area (Å²) in [5, 5.41) is 4.59. The van der Waals surface area contributed by atoms with Crippen LogP contribution in [0.4, 0.5) is 18.9 Å². The van der Waals surface area contributed by atoms with Crippen LogP contribution in [0.5, 0.6) is 11.5 Å². The number of nitrogens with zero attached hydrogens (tertiary/aromatic N) is 2. The van der Waals surface area contributed by atoms with Gasteiger partial charge in [0.05, 0.1) is 25.5 Å². The van der Waals surface area contributed by atoms with Crippen LogP contribution in [0.15, 0.2) is 53.1 Å². The van der Waals surface area contributed by atoms with Crippen molar-refractivity contribution in [1.29, 1.82) is 0 Å². The van der Waals surface area contributed by atoms with Gasteiger partial charge in [0.25, 0.3) is 5.91 Å². The molecule has 3 rings (SSSR count). The molecule has 5 nitrogen and oxygen atoms in total. The summed E-state index contributed by atoms with van der Waals surface area (Å²) < 4.78 is 50.7. The van der Waals surface area contributed by atoms with Gasteiger partial charge in [0.1, 0.15) is 0 Å². The van der Waals surface area contributed by atoms with E-state index in [-0.39, 0.29) is 5.69 Å². The number of ether oxygens (including phenoxy) is 2. The minimum absolute atomic E-state index is 0.173. The maximum Gasteiger partial charge on any atom is 0.435 e. The summed E-state index contributed by atoms with van der Waals surface area (Å²) in [5.74, 6) is -0.165. The van der Waals surface area contributed by atoms with Gasteiger partial charge in [-0.05, 0) is 48.0 Å². The number of hydrogen-bond donors (Lipinski definition) is 0. The van der Waals surface area contributed by atoms with Gasteiger partial charge in [-0.15, -0.1) is 0 Å². The van der Waals surface area contributed by atoms with Crippen LogP contribution >= 0.6 is 11.6 Å². The zero-order chi connectivity index (χ0) is 20.5. The third-order valence-electron chi connectivity index (χ3n) is 3.94. The number of rotatable bonds is 4. The van der Waals surface area contributed by atoms with Crippen LogP contribution in [0.3, 0.4) is 0 Å². The predicted molar refractivity (Wildman–Crippen MR) is 100.0 cm³/mol. The quantitative estimate of drug-likeness (QED) is 0.686. The molecule has 0 N–H and O–H groups in total. The number of amides is 1. The summed E-state index contributed by atoms with van der Waals surface area (Å²) >= 11 is 5.79. The van der Waals surface area contributed by atoms with Crippen LogP contribution in [0.1, 0.15) is 5.56 Å². The standard InChI is InChI=1S/C19H14ClF3N2O3/c1-27-15-8-3-11(10-16(15)28-2)9-14-17(19(21,22)23)24-25(18(14)26)13-6-4-12(20)5-7-13/h3-10H,1-2H3/b14-9+. The van der Waals surface area contributed by atoms with Crippen LogP contribution in [-0.4, -0.2) is 32.0 Å². The molecule has 28 heavy (non-hydrogen) atoms. The fourth-order valence-corrected chi connectivity index (χ4v) is 2.75. The number of carbonyl (C=O) groups is 1. The minimum Gasteiger partial charge on any atom is -0.493 e. The molecule has 0 fully saturated rings. The van der Waals surface area contributed by atoms with Crippen molar-refractivity contribution in [2.24, 2.45) is 5.10 Å². The van der Waals surface area contributed by atoms with E-state index in [1.165, 1.54) is 56.7 Å². The summed E-state index contributed by atoms with van der Waals surface area (Å²) in [6, 6.07) is 10.3. The number of hydrazone groups is 1. The lowest BCUT2D eigenvalue weighted by Crippen LogP contribution is -2.25. The number of carbonyl (C=O) groups excluding carboxylic acids is 1. The van der Waals surface area contributed by atoms with Crippen LogP contribution in [0.2, 0.25) is 5.02 Å². The molecule has 1 heterocycles. The lowest BCUT2D eigenvalue weighted by molar-refractivity contribution is -0.114. The van der Waals surface area contributed by atoms with Crippen LogP contribution in [0, 0.1) is 0 Å². The van der Waals surface area contributed by atoms with Crippen molar-refractivity contribution in [3.8, 4) is 11.5 Å². The number of anilines is 1. The molecule has 1 amide bonds. The molecule has 0 unspecified atom stereocenters. The Hall–Kier alpha value is -3.00. The lowest BCUT2D eigenvalue weighted by Gasteiger charge is -2.11. The second kappa shape index (κ2) is 7.55. The van der Waals surface area contributed by atoms with Crippen molar-refractivity contribution in [3.63, 3.8) is 0 Å². The number of alkyl halides is 3. The number of hydrogen-bond acceptors (Lipinski definition) is 4. The molecule has 0 aliphatic carbocycles. The minimum atomic E-state index is -4.81. The molecule has 0 bridgehead atoms. The summed E-state index contributed by atoms with van der Waals surface area (Å²) in [6.07, 6.45) is -3.69. The smallest absolute Gasteiger partial charge is 0.435 e. The first-order valence-electron chi connectivity index (χ1n) is 7.94. The normalized spacial score (nSPS) is 15.8. The van der Waals surface area contributed by atoms with Crippen molar-refractivity contribution in [2.45, 2.75) is 6.18 Å². The Morgan fingerprint density at radius 3 is 2.25 bits per heavy atom. The first kappa shape index (κ1) is 19.8. The van der Waals surface area contributed by atoms with E-state index in [2.05, 4.69) is 5.10 Å². The zero-order valence-electron chi connectivity index (χ0n) is 14.7. The maximum absolute atomic E-state index is 13.5. The van der Waals surface area contributed by atoms with E-state index in [0.29, 0.717) is 27.1 Å². The molecule has 0 spiro atoms. The SMILES string of the molecule is COc1ccc(/C=C2/C(=O)N(c3ccc(Cl)cc3)N=C2C(F)(F)F)cc1OC. The summed E-state index contributed by atoms with van der Waals surface area (Å²) in [6.45, 7) is 0. The van der Waals surface area contributed by atoms with E-state index in [0.717, 1.165) is 6.08 Å². The van der Waals surface area contributed by atoms with E-state index >= 15 is 0 Å². The van der Waals surface area contributed by atoms with Crippen LogP contribution in [0.25, 0.3) is 6.08 Å². The first-order valence-corrected chi connectivity index (χ1v) is 8.32.